The second kappa shape index (κ2) is 7.13. The molecule has 1 N–H and O–H groups in total. The Morgan fingerprint density at radius 2 is 1.68 bits per heavy atom. The molecule has 0 saturated carbocycles. The Bertz CT molecular complexity index is 765. The van der Waals surface area contributed by atoms with Crippen molar-refractivity contribution in [2.24, 2.45) is 13.5 Å². The van der Waals surface area contributed by atoms with Crippen LogP contribution in [-0.4, -0.2) is 11.5 Å². The molecule has 2 aromatic carbocycles. The van der Waals surface area contributed by atoms with Gasteiger partial charge in [-0.1, -0.05) is 30.3 Å². The molecule has 0 radical (unpaired) electrons. The normalized spacial score (nSPS) is 21.0. The summed E-state index contributed by atoms with van der Waals surface area (Å²) in [7, 11) is -1.55. The molecule has 0 bridgehead atoms. The summed E-state index contributed by atoms with van der Waals surface area (Å²) in [5.74, 6) is 1.77. The van der Waals surface area contributed by atoms with Crippen LogP contribution < -0.4 is 9.26 Å². The van der Waals surface area contributed by atoms with Gasteiger partial charge in [0, 0.05) is 0 Å². The minimum atomic E-state index is -2.62. The first-order valence-electron chi connectivity index (χ1n) is 6.37. The summed E-state index contributed by atoms with van der Waals surface area (Å²) in [6.07, 6.45) is -0.248. The van der Waals surface area contributed by atoms with Crippen LogP contribution in [0.1, 0.15) is 0 Å². The van der Waals surface area contributed by atoms with Gasteiger partial charge in [0.1, 0.15) is 12.1 Å². The molecule has 1 aliphatic rings. The third-order valence-electron chi connectivity index (χ3n) is 2.69. The Kier molecular flexibility index (Phi) is 4.97. The molecule has 0 aromatic heterocycles. The zero-order chi connectivity index (χ0) is 15.3. The van der Waals surface area contributed by atoms with E-state index in [0.29, 0.717) is 34.3 Å². The monoisotopic (exact) mass is 351 g/mol. The first kappa shape index (κ1) is 15.3. The topological polar surface area (TPSA) is 75.8 Å². The lowest BCUT2D eigenvalue weighted by Crippen LogP contribution is -1.97. The Morgan fingerprint density at radius 1 is 0.955 bits per heavy atom. The molecule has 1 aliphatic heterocycles. The first-order chi connectivity index (χ1) is 10.8. The lowest BCUT2D eigenvalue weighted by atomic mass is 10.3. The highest BCUT2D eigenvalue weighted by Gasteiger charge is 2.23. The maximum atomic E-state index is 9.63. The van der Waals surface area contributed by atoms with E-state index in [2.05, 4.69) is 13.5 Å². The highest BCUT2D eigenvalue weighted by Crippen LogP contribution is 2.59. The minimum absolute atomic E-state index is 0.248. The molecule has 0 spiro atoms. The fraction of sp³-hybridized carbons (Fsp3) is 0.0769. The zero-order valence-corrected chi connectivity index (χ0v) is 14.0. The summed E-state index contributed by atoms with van der Waals surface area (Å²) in [4.78, 5) is 0. The molecule has 9 heteroatoms. The van der Waals surface area contributed by atoms with Crippen molar-refractivity contribution in [3.63, 3.8) is 0 Å². The van der Waals surface area contributed by atoms with Crippen molar-refractivity contribution in [1.82, 2.24) is 0 Å². The van der Waals surface area contributed by atoms with E-state index in [1.807, 2.05) is 42.5 Å². The minimum Gasteiger partial charge on any atom is -0.453 e. The van der Waals surface area contributed by atoms with Crippen LogP contribution in [0.25, 0.3) is 0 Å². The van der Waals surface area contributed by atoms with Gasteiger partial charge in [-0.2, -0.15) is 13.5 Å². The third kappa shape index (κ3) is 3.60. The molecule has 0 aliphatic carbocycles. The number of aliphatic hydroxyl groups is 1. The summed E-state index contributed by atoms with van der Waals surface area (Å²) in [6, 6.07) is 16.7. The highest BCUT2D eigenvalue weighted by atomic mass is 31.2. The van der Waals surface area contributed by atoms with Gasteiger partial charge in [0.15, 0.2) is 28.5 Å². The number of benzene rings is 2. The molecule has 0 saturated heterocycles. The van der Waals surface area contributed by atoms with Crippen LogP contribution in [0.4, 0.5) is 0 Å². The molecular weight excluding hydrogens is 339 g/mol. The van der Waals surface area contributed by atoms with E-state index in [4.69, 9.17) is 9.26 Å². The number of ether oxygens (including phenoxy) is 1. The van der Waals surface area contributed by atoms with Gasteiger partial charge in [-0.15, -0.1) is 0 Å². The summed E-state index contributed by atoms with van der Waals surface area (Å²) < 4.78 is 24.2. The second-order valence-electron chi connectivity index (χ2n) is 4.21. The fourth-order valence-corrected chi connectivity index (χ4v) is 5.51. The van der Waals surface area contributed by atoms with Gasteiger partial charge in [0.05, 0.1) is 0 Å². The standard InChI is InChI=1S/C13H12N3O3P3/c17-10-22(15-20-14-21-16-22)19-13-9-5-4-8-12(13)18-11-6-2-1-3-7-11/h1-9,17H,10H2. The van der Waals surface area contributed by atoms with E-state index in [-0.39, 0.29) is 6.35 Å². The van der Waals surface area contributed by atoms with Crippen molar-refractivity contribution in [3.8, 4) is 17.2 Å². The summed E-state index contributed by atoms with van der Waals surface area (Å²) in [5, 5.41) is 9.63. The highest BCUT2D eigenvalue weighted by molar-refractivity contribution is 7.68. The Labute approximate surface area is 131 Å². The van der Waals surface area contributed by atoms with Crippen molar-refractivity contribution in [1.29, 1.82) is 0 Å². The third-order valence-corrected chi connectivity index (χ3v) is 7.06. The Hall–Kier alpha value is -1.57. The Morgan fingerprint density at radius 3 is 2.36 bits per heavy atom. The van der Waals surface area contributed by atoms with Gasteiger partial charge in [0.25, 0.3) is 7.43 Å². The maximum Gasteiger partial charge on any atom is 0.287 e. The van der Waals surface area contributed by atoms with Crippen LogP contribution >= 0.6 is 24.5 Å². The predicted octanol–water partition coefficient (Wildman–Crippen LogP) is 5.94. The van der Waals surface area contributed by atoms with Gasteiger partial charge in [-0.05, 0) is 24.3 Å². The summed E-state index contributed by atoms with van der Waals surface area (Å²) in [6.45, 7) is 0. The number of para-hydroxylation sites is 3. The van der Waals surface area contributed by atoms with Gasteiger partial charge in [0.2, 0.25) is 0 Å². The smallest absolute Gasteiger partial charge is 0.287 e. The lowest BCUT2D eigenvalue weighted by molar-refractivity contribution is 0.353. The number of aliphatic hydroxyl groups excluding tert-OH is 1. The van der Waals surface area contributed by atoms with Crippen molar-refractivity contribution < 1.29 is 14.4 Å². The van der Waals surface area contributed by atoms with Gasteiger partial charge < -0.3 is 14.4 Å². The first-order valence-corrected chi connectivity index (χ1v) is 9.76. The molecule has 0 fully saturated rings. The predicted molar refractivity (Wildman–Crippen MR) is 88.7 cm³/mol. The van der Waals surface area contributed by atoms with Crippen molar-refractivity contribution in [2.45, 2.75) is 0 Å². The number of hydrogen-bond donors (Lipinski definition) is 1. The number of nitrogens with zero attached hydrogens (tertiary/aromatic N) is 3. The molecule has 6 nitrogen and oxygen atoms in total. The van der Waals surface area contributed by atoms with Crippen LogP contribution in [-0.2, 0) is 0 Å². The van der Waals surface area contributed by atoms with Crippen LogP contribution in [0.3, 0.4) is 0 Å². The van der Waals surface area contributed by atoms with E-state index >= 15 is 0 Å². The van der Waals surface area contributed by atoms with Crippen LogP contribution in [0.5, 0.6) is 17.2 Å². The quantitative estimate of drug-likeness (QED) is 0.677. The molecule has 1 unspecified atom stereocenters. The number of hydrogen-bond acceptors (Lipinski definition) is 6. The zero-order valence-electron chi connectivity index (χ0n) is 11.4. The fourth-order valence-electron chi connectivity index (χ4n) is 1.70. The SMILES string of the molecule is OCP1(Oc2ccccc2Oc2ccccc2)=NP=NP=N1. The molecular formula is C13H12N3O3P3. The van der Waals surface area contributed by atoms with Crippen LogP contribution in [0.15, 0.2) is 68.1 Å². The van der Waals surface area contributed by atoms with Gasteiger partial charge >= 0.3 is 0 Å². The molecule has 1 atom stereocenters. The summed E-state index contributed by atoms with van der Waals surface area (Å²) >= 11 is 0. The average Bonchev–Trinajstić information content (AvgIpc) is 2.58. The lowest BCUT2D eigenvalue weighted by Gasteiger charge is -2.19. The van der Waals surface area contributed by atoms with Crippen LogP contribution in [0, 0.1) is 0 Å². The van der Waals surface area contributed by atoms with E-state index in [0.717, 1.165) is 0 Å². The summed E-state index contributed by atoms with van der Waals surface area (Å²) in [5.41, 5.74) is 0. The molecule has 0 amide bonds. The van der Waals surface area contributed by atoms with Crippen molar-refractivity contribution in [3.05, 3.63) is 54.6 Å². The average molecular weight is 351 g/mol. The Balaban J connectivity index is 1.90. The second-order valence-corrected chi connectivity index (χ2v) is 8.51. The van der Waals surface area contributed by atoms with Gasteiger partial charge in [-0.3, -0.25) is 0 Å². The van der Waals surface area contributed by atoms with Crippen molar-refractivity contribution >= 4 is 24.5 Å². The van der Waals surface area contributed by atoms with Crippen molar-refractivity contribution in [2.75, 3.05) is 6.35 Å². The van der Waals surface area contributed by atoms with E-state index in [9.17, 15) is 5.11 Å². The molecule has 22 heavy (non-hydrogen) atoms. The van der Waals surface area contributed by atoms with E-state index in [1.165, 1.54) is 0 Å². The van der Waals surface area contributed by atoms with E-state index < -0.39 is 7.43 Å². The van der Waals surface area contributed by atoms with Gasteiger partial charge in [-0.25, -0.2) is 0 Å². The van der Waals surface area contributed by atoms with E-state index in [1.54, 1.807) is 12.1 Å². The molecule has 3 rings (SSSR count). The molecule has 112 valence electrons. The number of rotatable bonds is 5. The molecule has 1 heterocycles. The van der Waals surface area contributed by atoms with Crippen LogP contribution in [0.2, 0.25) is 0 Å². The maximum absolute atomic E-state index is 9.63. The molecule has 2 aromatic rings. The largest absolute Gasteiger partial charge is 0.453 e.